The standard InChI is InChI=1S/C22H28ClN3O/c23-18-8-6-17(7-9-18)14-25-12-10-19(11-13-25)24-21-15-26(16-22(21)27)20-4-2-1-3-5-20/h1-9,19,21-22,24,27H,10-16H2/t21-,22-/m1/s1. The highest BCUT2D eigenvalue weighted by Crippen LogP contribution is 2.22. The van der Waals surface area contributed by atoms with Gasteiger partial charge in [0.05, 0.1) is 12.1 Å². The zero-order valence-corrected chi connectivity index (χ0v) is 16.4. The van der Waals surface area contributed by atoms with E-state index < -0.39 is 0 Å². The zero-order chi connectivity index (χ0) is 18.6. The molecular weight excluding hydrogens is 358 g/mol. The second-order valence-electron chi connectivity index (χ2n) is 7.76. The molecule has 4 nitrogen and oxygen atoms in total. The van der Waals surface area contributed by atoms with Gasteiger partial charge in [-0.25, -0.2) is 0 Å². The number of rotatable bonds is 5. The topological polar surface area (TPSA) is 38.7 Å². The lowest BCUT2D eigenvalue weighted by Crippen LogP contribution is -2.49. The number of hydrogen-bond acceptors (Lipinski definition) is 4. The van der Waals surface area contributed by atoms with Gasteiger partial charge in [0.1, 0.15) is 0 Å². The summed E-state index contributed by atoms with van der Waals surface area (Å²) >= 11 is 5.97. The molecule has 0 aliphatic carbocycles. The van der Waals surface area contributed by atoms with Gasteiger partial charge in [-0.15, -0.1) is 0 Å². The van der Waals surface area contributed by atoms with Crippen LogP contribution >= 0.6 is 11.6 Å². The first kappa shape index (κ1) is 18.8. The van der Waals surface area contributed by atoms with Crippen molar-refractivity contribution in [2.75, 3.05) is 31.1 Å². The van der Waals surface area contributed by atoms with Gasteiger partial charge < -0.3 is 15.3 Å². The molecule has 2 saturated heterocycles. The Balaban J connectivity index is 1.25. The van der Waals surface area contributed by atoms with Crippen LogP contribution in [0, 0.1) is 0 Å². The third-order valence-corrected chi connectivity index (χ3v) is 6.02. The number of nitrogens with zero attached hydrogens (tertiary/aromatic N) is 2. The average Bonchev–Trinajstić information content (AvgIpc) is 3.06. The van der Waals surface area contributed by atoms with Crippen molar-refractivity contribution in [3.8, 4) is 0 Å². The van der Waals surface area contributed by atoms with Crippen molar-refractivity contribution >= 4 is 17.3 Å². The highest BCUT2D eigenvalue weighted by Gasteiger charge is 2.33. The van der Waals surface area contributed by atoms with Crippen LogP contribution in [0.1, 0.15) is 18.4 Å². The average molecular weight is 386 g/mol. The Morgan fingerprint density at radius 3 is 2.37 bits per heavy atom. The van der Waals surface area contributed by atoms with Crippen LogP contribution in [0.5, 0.6) is 0 Å². The van der Waals surface area contributed by atoms with E-state index >= 15 is 0 Å². The number of para-hydroxylation sites is 1. The van der Waals surface area contributed by atoms with Gasteiger partial charge in [-0.1, -0.05) is 41.9 Å². The van der Waals surface area contributed by atoms with Crippen molar-refractivity contribution in [1.29, 1.82) is 0 Å². The maximum absolute atomic E-state index is 10.5. The Kier molecular flexibility index (Phi) is 5.98. The van der Waals surface area contributed by atoms with Gasteiger partial charge in [-0.05, 0) is 55.8 Å². The molecule has 27 heavy (non-hydrogen) atoms. The number of hydrogen-bond donors (Lipinski definition) is 2. The summed E-state index contributed by atoms with van der Waals surface area (Å²) < 4.78 is 0. The minimum atomic E-state index is -0.308. The normalized spacial score (nSPS) is 24.4. The van der Waals surface area contributed by atoms with Crippen LogP contribution < -0.4 is 10.2 Å². The van der Waals surface area contributed by atoms with E-state index in [0.717, 1.165) is 44.0 Å². The summed E-state index contributed by atoms with van der Waals surface area (Å²) in [7, 11) is 0. The summed E-state index contributed by atoms with van der Waals surface area (Å²) in [5.74, 6) is 0. The van der Waals surface area contributed by atoms with E-state index in [4.69, 9.17) is 11.6 Å². The van der Waals surface area contributed by atoms with E-state index in [9.17, 15) is 5.11 Å². The van der Waals surface area contributed by atoms with Gasteiger partial charge in [-0.3, -0.25) is 4.90 Å². The molecule has 2 atom stereocenters. The van der Waals surface area contributed by atoms with Crippen LogP contribution in [0.3, 0.4) is 0 Å². The maximum Gasteiger partial charge on any atom is 0.0885 e. The minimum absolute atomic E-state index is 0.151. The molecule has 0 spiro atoms. The molecule has 5 heteroatoms. The number of aliphatic hydroxyl groups is 1. The first-order chi connectivity index (χ1) is 13.2. The summed E-state index contributed by atoms with van der Waals surface area (Å²) in [6.07, 6.45) is 1.95. The van der Waals surface area contributed by atoms with E-state index in [2.05, 4.69) is 51.5 Å². The highest BCUT2D eigenvalue weighted by molar-refractivity contribution is 6.30. The van der Waals surface area contributed by atoms with E-state index in [1.165, 1.54) is 11.3 Å². The Hall–Kier alpha value is -1.59. The molecule has 2 aromatic rings. The second-order valence-corrected chi connectivity index (χ2v) is 8.19. The highest BCUT2D eigenvalue weighted by atomic mass is 35.5. The maximum atomic E-state index is 10.5. The predicted octanol–water partition coefficient (Wildman–Crippen LogP) is 3.14. The molecule has 0 bridgehead atoms. The van der Waals surface area contributed by atoms with Crippen molar-refractivity contribution in [2.24, 2.45) is 0 Å². The smallest absolute Gasteiger partial charge is 0.0885 e. The Morgan fingerprint density at radius 2 is 1.67 bits per heavy atom. The third kappa shape index (κ3) is 4.82. The molecule has 0 unspecified atom stereocenters. The molecule has 144 valence electrons. The minimum Gasteiger partial charge on any atom is -0.390 e. The summed E-state index contributed by atoms with van der Waals surface area (Å²) in [5, 5.41) is 15.0. The summed E-state index contributed by atoms with van der Waals surface area (Å²) in [4.78, 5) is 4.78. The Labute approximate surface area is 166 Å². The van der Waals surface area contributed by atoms with E-state index in [0.29, 0.717) is 12.6 Å². The van der Waals surface area contributed by atoms with Crippen molar-refractivity contribution in [1.82, 2.24) is 10.2 Å². The SMILES string of the molecule is O[C@@H]1CN(c2ccccc2)C[C@H]1NC1CCN(Cc2ccc(Cl)cc2)CC1. The molecule has 2 fully saturated rings. The van der Waals surface area contributed by atoms with Gasteiger partial charge >= 0.3 is 0 Å². The monoisotopic (exact) mass is 385 g/mol. The van der Waals surface area contributed by atoms with Gasteiger partial charge in [0, 0.05) is 36.4 Å². The van der Waals surface area contributed by atoms with Crippen LogP contribution in [0.2, 0.25) is 5.02 Å². The van der Waals surface area contributed by atoms with Crippen LogP contribution in [0.4, 0.5) is 5.69 Å². The molecule has 0 saturated carbocycles. The number of anilines is 1. The van der Waals surface area contributed by atoms with Crippen LogP contribution in [-0.2, 0) is 6.54 Å². The van der Waals surface area contributed by atoms with Crippen LogP contribution in [0.25, 0.3) is 0 Å². The molecule has 2 aliphatic rings. The molecule has 2 aromatic carbocycles. The molecule has 0 amide bonds. The lowest BCUT2D eigenvalue weighted by atomic mass is 10.0. The van der Waals surface area contributed by atoms with Crippen molar-refractivity contribution < 1.29 is 5.11 Å². The zero-order valence-electron chi connectivity index (χ0n) is 15.6. The van der Waals surface area contributed by atoms with Crippen LogP contribution in [-0.4, -0.2) is 54.4 Å². The van der Waals surface area contributed by atoms with E-state index in [1.54, 1.807) is 0 Å². The number of β-amino-alcohol motifs (C(OH)–C–C–N with tert-alkyl or cyclic N) is 1. The number of nitrogens with one attached hydrogen (secondary N) is 1. The molecule has 0 radical (unpaired) electrons. The summed E-state index contributed by atoms with van der Waals surface area (Å²) in [6, 6.07) is 19.2. The van der Waals surface area contributed by atoms with E-state index in [-0.39, 0.29) is 12.1 Å². The molecule has 4 rings (SSSR count). The van der Waals surface area contributed by atoms with E-state index in [1.807, 2.05) is 18.2 Å². The number of benzene rings is 2. The second kappa shape index (κ2) is 8.61. The van der Waals surface area contributed by atoms with Gasteiger partial charge in [-0.2, -0.15) is 0 Å². The first-order valence-electron chi connectivity index (χ1n) is 9.88. The molecular formula is C22H28ClN3O. The lowest BCUT2D eigenvalue weighted by molar-refractivity contribution is 0.136. The van der Waals surface area contributed by atoms with Crippen molar-refractivity contribution in [2.45, 2.75) is 37.6 Å². The third-order valence-electron chi connectivity index (χ3n) is 5.77. The Morgan fingerprint density at radius 1 is 0.963 bits per heavy atom. The first-order valence-corrected chi connectivity index (χ1v) is 10.3. The van der Waals surface area contributed by atoms with Crippen molar-refractivity contribution in [3.63, 3.8) is 0 Å². The fraction of sp³-hybridized carbons (Fsp3) is 0.455. The number of likely N-dealkylation sites (tertiary alicyclic amines) is 1. The Bertz CT molecular complexity index is 716. The number of halogens is 1. The number of aliphatic hydroxyl groups excluding tert-OH is 1. The van der Waals surface area contributed by atoms with Gasteiger partial charge in [0.2, 0.25) is 0 Å². The summed E-state index contributed by atoms with van der Waals surface area (Å²) in [5.41, 5.74) is 2.51. The van der Waals surface area contributed by atoms with Crippen molar-refractivity contribution in [3.05, 3.63) is 65.2 Å². The van der Waals surface area contributed by atoms with Gasteiger partial charge in [0.25, 0.3) is 0 Å². The molecule has 0 aromatic heterocycles. The molecule has 2 aliphatic heterocycles. The largest absolute Gasteiger partial charge is 0.390 e. The fourth-order valence-corrected chi connectivity index (χ4v) is 4.33. The predicted molar refractivity (Wildman–Crippen MR) is 111 cm³/mol. The molecule has 2 N–H and O–H groups in total. The summed E-state index contributed by atoms with van der Waals surface area (Å²) in [6.45, 7) is 4.74. The fourth-order valence-electron chi connectivity index (χ4n) is 4.21. The number of piperidine rings is 1. The molecule has 2 heterocycles. The lowest BCUT2D eigenvalue weighted by Gasteiger charge is -2.34. The van der Waals surface area contributed by atoms with Gasteiger partial charge in [0.15, 0.2) is 0 Å². The van der Waals surface area contributed by atoms with Crippen LogP contribution in [0.15, 0.2) is 54.6 Å². The quantitative estimate of drug-likeness (QED) is 0.829.